The standard InChI is InChI=1S/C21H24N4O3S/c1-14(15-4-5-17-18(10-15)29-20(27)24(17)13-28-3)16-7-9-25(23-16)19-6-8-21(2,12-26)11-22-19/h4-11,14,19,26H,12-13H2,1-3H3. The van der Waals surface area contributed by atoms with Gasteiger partial charge in [0, 0.05) is 30.9 Å². The van der Waals surface area contributed by atoms with E-state index in [1.165, 1.54) is 11.3 Å². The van der Waals surface area contributed by atoms with E-state index >= 15 is 0 Å². The van der Waals surface area contributed by atoms with Gasteiger partial charge in [-0.3, -0.25) is 14.4 Å². The fraction of sp³-hybridized carbons (Fsp3) is 0.381. The summed E-state index contributed by atoms with van der Waals surface area (Å²) in [5.41, 5.74) is 2.52. The minimum absolute atomic E-state index is 0.0206. The molecule has 3 atom stereocenters. The molecule has 3 unspecified atom stereocenters. The van der Waals surface area contributed by atoms with Crippen LogP contribution in [-0.4, -0.2) is 39.4 Å². The first-order valence-corrected chi connectivity index (χ1v) is 10.3. The van der Waals surface area contributed by atoms with Gasteiger partial charge in [0.15, 0.2) is 6.17 Å². The van der Waals surface area contributed by atoms with Gasteiger partial charge in [0.1, 0.15) is 6.73 Å². The van der Waals surface area contributed by atoms with Gasteiger partial charge in [0.25, 0.3) is 0 Å². The molecule has 7 nitrogen and oxygen atoms in total. The maximum atomic E-state index is 12.2. The second-order valence-electron chi connectivity index (χ2n) is 7.60. The van der Waals surface area contributed by atoms with Crippen LogP contribution in [0.5, 0.6) is 0 Å². The lowest BCUT2D eigenvalue weighted by atomic mass is 9.91. The zero-order chi connectivity index (χ0) is 20.6. The summed E-state index contributed by atoms with van der Waals surface area (Å²) >= 11 is 1.23. The Labute approximate surface area is 172 Å². The van der Waals surface area contributed by atoms with E-state index in [0.717, 1.165) is 21.5 Å². The SMILES string of the molecule is COCn1c(=O)sc2cc(C(C)c3ccn(C4C=CC(C)(CO)C=N4)n3)ccc21. The average molecular weight is 413 g/mol. The topological polar surface area (TPSA) is 81.6 Å². The summed E-state index contributed by atoms with van der Waals surface area (Å²) in [5, 5.41) is 14.2. The number of rotatable bonds is 6. The Hall–Kier alpha value is -2.55. The highest BCUT2D eigenvalue weighted by Gasteiger charge is 2.23. The Morgan fingerprint density at radius 2 is 2.21 bits per heavy atom. The van der Waals surface area contributed by atoms with Crippen molar-refractivity contribution < 1.29 is 9.84 Å². The van der Waals surface area contributed by atoms with Gasteiger partial charge >= 0.3 is 4.87 Å². The number of aromatic nitrogens is 3. The Bertz CT molecular complexity index is 1130. The molecule has 3 heterocycles. The molecule has 29 heavy (non-hydrogen) atoms. The molecular formula is C21H24N4O3S. The number of hydrogen-bond donors (Lipinski definition) is 1. The lowest BCUT2D eigenvalue weighted by molar-refractivity contribution is 0.133. The van der Waals surface area contributed by atoms with E-state index in [9.17, 15) is 9.90 Å². The summed E-state index contributed by atoms with van der Waals surface area (Å²) in [5.74, 6) is 0.0768. The molecule has 3 aromatic rings. The number of benzene rings is 1. The molecular weight excluding hydrogens is 388 g/mol. The van der Waals surface area contributed by atoms with E-state index in [-0.39, 0.29) is 30.3 Å². The maximum absolute atomic E-state index is 12.2. The van der Waals surface area contributed by atoms with Crippen molar-refractivity contribution in [3.8, 4) is 0 Å². The van der Waals surface area contributed by atoms with Gasteiger partial charge in [-0.25, -0.2) is 4.68 Å². The van der Waals surface area contributed by atoms with Gasteiger partial charge in [0.05, 0.1) is 22.5 Å². The Kier molecular flexibility index (Phi) is 5.24. The lowest BCUT2D eigenvalue weighted by Gasteiger charge is -2.23. The Morgan fingerprint density at radius 3 is 2.90 bits per heavy atom. The number of dihydropyridines is 1. The normalized spacial score (nSPS) is 22.4. The highest BCUT2D eigenvalue weighted by atomic mass is 32.1. The molecule has 8 heteroatoms. The van der Waals surface area contributed by atoms with Crippen molar-refractivity contribution in [2.75, 3.05) is 13.7 Å². The number of methoxy groups -OCH3 is 1. The third kappa shape index (κ3) is 3.71. The molecule has 0 fully saturated rings. The lowest BCUT2D eigenvalue weighted by Crippen LogP contribution is -2.24. The maximum Gasteiger partial charge on any atom is 0.310 e. The zero-order valence-corrected chi connectivity index (χ0v) is 17.5. The van der Waals surface area contributed by atoms with E-state index < -0.39 is 5.41 Å². The molecule has 0 spiro atoms. The summed E-state index contributed by atoms with van der Waals surface area (Å²) < 4.78 is 9.53. The minimum atomic E-state index is -0.407. The van der Waals surface area contributed by atoms with E-state index in [4.69, 9.17) is 9.84 Å². The highest BCUT2D eigenvalue weighted by molar-refractivity contribution is 7.16. The minimum Gasteiger partial charge on any atom is -0.395 e. The molecule has 0 bridgehead atoms. The van der Waals surface area contributed by atoms with Gasteiger partial charge in [-0.05, 0) is 36.8 Å². The summed E-state index contributed by atoms with van der Waals surface area (Å²) in [7, 11) is 1.58. The number of ether oxygens (including phenoxy) is 1. The number of nitrogens with zero attached hydrogens (tertiary/aromatic N) is 4. The van der Waals surface area contributed by atoms with Crippen LogP contribution in [0.15, 0.2) is 52.4 Å². The second kappa shape index (κ2) is 7.70. The third-order valence-electron chi connectivity index (χ3n) is 5.31. The average Bonchev–Trinajstić information content (AvgIpc) is 3.33. The van der Waals surface area contributed by atoms with Crippen LogP contribution in [0.1, 0.15) is 37.2 Å². The summed E-state index contributed by atoms with van der Waals surface area (Å²) in [6, 6.07) is 8.06. The molecule has 2 aromatic heterocycles. The van der Waals surface area contributed by atoms with Crippen LogP contribution in [-0.2, 0) is 11.5 Å². The van der Waals surface area contributed by atoms with Crippen LogP contribution in [0.3, 0.4) is 0 Å². The molecule has 152 valence electrons. The van der Waals surface area contributed by atoms with Gasteiger partial charge in [-0.2, -0.15) is 5.10 Å². The molecule has 0 saturated carbocycles. The van der Waals surface area contributed by atoms with Crippen molar-refractivity contribution in [1.82, 2.24) is 14.3 Å². The molecule has 0 aliphatic carbocycles. The number of thiazole rings is 1. The number of aliphatic imine (C=N–C) groups is 1. The molecule has 0 radical (unpaired) electrons. The fourth-order valence-corrected chi connectivity index (χ4v) is 4.33. The molecule has 1 aliphatic rings. The molecule has 1 aromatic carbocycles. The van der Waals surface area contributed by atoms with Crippen molar-refractivity contribution >= 4 is 27.8 Å². The Balaban J connectivity index is 1.58. The van der Waals surface area contributed by atoms with Crippen molar-refractivity contribution in [3.05, 3.63) is 63.5 Å². The number of hydrogen-bond acceptors (Lipinski definition) is 6. The molecule has 1 N–H and O–H groups in total. The monoisotopic (exact) mass is 412 g/mol. The van der Waals surface area contributed by atoms with Crippen LogP contribution in [0.4, 0.5) is 0 Å². The molecule has 0 amide bonds. The van der Waals surface area contributed by atoms with Gasteiger partial charge in [-0.1, -0.05) is 30.4 Å². The smallest absolute Gasteiger partial charge is 0.310 e. The van der Waals surface area contributed by atoms with Crippen molar-refractivity contribution in [2.45, 2.75) is 32.7 Å². The van der Waals surface area contributed by atoms with Crippen LogP contribution in [0.25, 0.3) is 10.2 Å². The summed E-state index contributed by atoms with van der Waals surface area (Å²) in [4.78, 5) is 16.7. The van der Waals surface area contributed by atoms with Crippen LogP contribution >= 0.6 is 11.3 Å². The van der Waals surface area contributed by atoms with Gasteiger partial charge in [-0.15, -0.1) is 0 Å². The molecule has 4 rings (SSSR count). The van der Waals surface area contributed by atoms with E-state index in [1.54, 1.807) is 17.9 Å². The Morgan fingerprint density at radius 1 is 1.38 bits per heavy atom. The van der Waals surface area contributed by atoms with Crippen LogP contribution < -0.4 is 4.87 Å². The van der Waals surface area contributed by atoms with Crippen LogP contribution in [0, 0.1) is 5.41 Å². The number of aliphatic hydroxyl groups excluding tert-OH is 1. The van der Waals surface area contributed by atoms with Gasteiger partial charge in [0.2, 0.25) is 0 Å². The van der Waals surface area contributed by atoms with E-state index in [2.05, 4.69) is 18.0 Å². The van der Waals surface area contributed by atoms with E-state index in [0.29, 0.717) is 0 Å². The number of fused-ring (bicyclic) bond motifs is 1. The summed E-state index contributed by atoms with van der Waals surface area (Å²) in [6.45, 7) is 4.32. The first-order chi connectivity index (χ1) is 13.9. The predicted octanol–water partition coefficient (Wildman–Crippen LogP) is 3.15. The highest BCUT2D eigenvalue weighted by Crippen LogP contribution is 2.29. The van der Waals surface area contributed by atoms with Crippen molar-refractivity contribution in [1.29, 1.82) is 0 Å². The quantitative estimate of drug-likeness (QED) is 0.631. The van der Waals surface area contributed by atoms with Gasteiger partial charge < -0.3 is 9.84 Å². The van der Waals surface area contributed by atoms with Crippen LogP contribution in [0.2, 0.25) is 0 Å². The predicted molar refractivity (Wildman–Crippen MR) is 115 cm³/mol. The van der Waals surface area contributed by atoms with E-state index in [1.807, 2.05) is 48.2 Å². The zero-order valence-electron chi connectivity index (χ0n) is 16.6. The largest absolute Gasteiger partial charge is 0.395 e. The van der Waals surface area contributed by atoms with Crippen molar-refractivity contribution in [2.24, 2.45) is 10.4 Å². The van der Waals surface area contributed by atoms with Crippen molar-refractivity contribution in [3.63, 3.8) is 0 Å². The first kappa shape index (κ1) is 19.8. The molecule has 1 aliphatic heterocycles. The number of aliphatic hydroxyl groups is 1. The third-order valence-corrected chi connectivity index (χ3v) is 6.25. The summed E-state index contributed by atoms with van der Waals surface area (Å²) in [6.07, 6.45) is 7.43. The first-order valence-electron chi connectivity index (χ1n) is 9.46. The fourth-order valence-electron chi connectivity index (χ4n) is 3.40. The second-order valence-corrected chi connectivity index (χ2v) is 8.59. The molecule has 0 saturated heterocycles.